The number of hydrogen-bond acceptors (Lipinski definition) is 2. The van der Waals surface area contributed by atoms with Crippen molar-refractivity contribution in [1.82, 2.24) is 15.5 Å². The van der Waals surface area contributed by atoms with Crippen LogP contribution in [0.4, 0.5) is 4.79 Å². The van der Waals surface area contributed by atoms with E-state index < -0.39 is 0 Å². The van der Waals surface area contributed by atoms with Crippen molar-refractivity contribution in [3.05, 3.63) is 34.9 Å². The first-order chi connectivity index (χ1) is 9.22. The molecule has 0 atom stereocenters. The quantitative estimate of drug-likeness (QED) is 0.863. The van der Waals surface area contributed by atoms with Crippen LogP contribution in [-0.2, 0) is 19.4 Å². The van der Waals surface area contributed by atoms with Crippen molar-refractivity contribution >= 4 is 6.03 Å². The Kier molecular flexibility index (Phi) is 4.80. The van der Waals surface area contributed by atoms with Crippen LogP contribution in [0.5, 0.6) is 0 Å². The number of hydrogen-bond donors (Lipinski definition) is 2. The number of benzene rings is 1. The van der Waals surface area contributed by atoms with Gasteiger partial charge < -0.3 is 10.6 Å². The molecule has 0 radical (unpaired) electrons. The molecule has 0 saturated carbocycles. The van der Waals surface area contributed by atoms with E-state index in [0.717, 1.165) is 32.5 Å². The molecular formula is C15H23N3O. The summed E-state index contributed by atoms with van der Waals surface area (Å²) in [5.41, 5.74) is 4.35. The monoisotopic (exact) mass is 261 g/mol. The number of urea groups is 1. The van der Waals surface area contributed by atoms with E-state index in [9.17, 15) is 4.79 Å². The van der Waals surface area contributed by atoms with E-state index in [4.69, 9.17) is 0 Å². The minimum atomic E-state index is -0.106. The lowest BCUT2D eigenvalue weighted by atomic mass is 9.96. The van der Waals surface area contributed by atoms with E-state index in [1.165, 1.54) is 16.7 Å². The number of nitrogens with zero attached hydrogens (tertiary/aromatic N) is 1. The molecule has 4 heteroatoms. The molecular weight excluding hydrogens is 238 g/mol. The van der Waals surface area contributed by atoms with Crippen LogP contribution in [0.25, 0.3) is 0 Å². The summed E-state index contributed by atoms with van der Waals surface area (Å²) in [4.78, 5) is 13.5. The van der Waals surface area contributed by atoms with Gasteiger partial charge in [-0.05, 0) is 29.5 Å². The second kappa shape index (κ2) is 6.57. The van der Waals surface area contributed by atoms with Crippen LogP contribution in [0.1, 0.15) is 23.6 Å². The molecule has 1 heterocycles. The number of carbonyl (C=O) groups excluding carboxylic acids is 1. The van der Waals surface area contributed by atoms with E-state index in [2.05, 4.69) is 40.7 Å². The second-order valence-corrected chi connectivity index (χ2v) is 4.99. The second-order valence-electron chi connectivity index (χ2n) is 4.99. The van der Waals surface area contributed by atoms with Crippen LogP contribution in [0.2, 0.25) is 0 Å². The van der Waals surface area contributed by atoms with E-state index in [1.54, 1.807) is 7.05 Å². The van der Waals surface area contributed by atoms with Gasteiger partial charge in [0.1, 0.15) is 0 Å². The summed E-state index contributed by atoms with van der Waals surface area (Å²) in [6.45, 7) is 5.87. The molecule has 19 heavy (non-hydrogen) atoms. The van der Waals surface area contributed by atoms with Crippen molar-refractivity contribution < 1.29 is 4.79 Å². The minimum Gasteiger partial charge on any atom is -0.341 e. The molecule has 0 fully saturated rings. The maximum atomic E-state index is 11.1. The largest absolute Gasteiger partial charge is 0.341 e. The first-order valence-corrected chi connectivity index (χ1v) is 7.01. The number of amides is 2. The molecule has 4 nitrogen and oxygen atoms in total. The Morgan fingerprint density at radius 3 is 2.95 bits per heavy atom. The summed E-state index contributed by atoms with van der Waals surface area (Å²) >= 11 is 0. The summed E-state index contributed by atoms with van der Waals surface area (Å²) in [5.74, 6) is 0. The van der Waals surface area contributed by atoms with Gasteiger partial charge in [0.25, 0.3) is 0 Å². The molecule has 1 aliphatic rings. The standard InChI is InChI=1S/C15H23N3O/c1-3-12-4-5-14-11-18(8-6-13(14)10-12)9-7-17-15(19)16-2/h4-5,10H,3,6-9,11H2,1-2H3,(H2,16,17,19). The van der Waals surface area contributed by atoms with Gasteiger partial charge in [-0.2, -0.15) is 0 Å². The molecule has 0 saturated heterocycles. The lowest BCUT2D eigenvalue weighted by Crippen LogP contribution is -2.40. The molecule has 0 spiro atoms. The summed E-state index contributed by atoms with van der Waals surface area (Å²) in [6.07, 6.45) is 2.22. The van der Waals surface area contributed by atoms with E-state index in [1.807, 2.05) is 0 Å². The van der Waals surface area contributed by atoms with Crippen molar-refractivity contribution in [2.24, 2.45) is 0 Å². The van der Waals surface area contributed by atoms with Crippen LogP contribution in [0.15, 0.2) is 18.2 Å². The Morgan fingerprint density at radius 2 is 2.21 bits per heavy atom. The lowest BCUT2D eigenvalue weighted by molar-refractivity contribution is 0.232. The van der Waals surface area contributed by atoms with Crippen molar-refractivity contribution in [2.75, 3.05) is 26.7 Å². The lowest BCUT2D eigenvalue weighted by Gasteiger charge is -2.29. The fraction of sp³-hybridized carbons (Fsp3) is 0.533. The third-order valence-electron chi connectivity index (χ3n) is 3.71. The van der Waals surface area contributed by atoms with Gasteiger partial charge >= 0.3 is 6.03 Å². The number of rotatable bonds is 4. The molecule has 104 valence electrons. The highest BCUT2D eigenvalue weighted by molar-refractivity contribution is 5.73. The van der Waals surface area contributed by atoms with Gasteiger partial charge in [-0.1, -0.05) is 25.1 Å². The molecule has 2 rings (SSSR count). The van der Waals surface area contributed by atoms with Gasteiger partial charge in [0, 0.05) is 33.2 Å². The predicted molar refractivity (Wildman–Crippen MR) is 77.3 cm³/mol. The van der Waals surface area contributed by atoms with Crippen LogP contribution >= 0.6 is 0 Å². The molecule has 2 amide bonds. The Bertz CT molecular complexity index is 445. The van der Waals surface area contributed by atoms with Crippen molar-refractivity contribution in [3.63, 3.8) is 0 Å². The van der Waals surface area contributed by atoms with Gasteiger partial charge in [0.05, 0.1) is 0 Å². The zero-order valence-electron chi connectivity index (χ0n) is 11.8. The van der Waals surface area contributed by atoms with Gasteiger partial charge in [-0.15, -0.1) is 0 Å². The van der Waals surface area contributed by atoms with Gasteiger partial charge in [-0.3, -0.25) is 4.90 Å². The van der Waals surface area contributed by atoms with Crippen molar-refractivity contribution in [2.45, 2.75) is 26.3 Å². The molecule has 0 aliphatic carbocycles. The first kappa shape index (κ1) is 13.9. The van der Waals surface area contributed by atoms with Gasteiger partial charge in [-0.25, -0.2) is 4.79 Å². The van der Waals surface area contributed by atoms with E-state index in [0.29, 0.717) is 6.54 Å². The number of carbonyl (C=O) groups is 1. The minimum absolute atomic E-state index is 0.106. The normalized spacial score (nSPS) is 14.8. The van der Waals surface area contributed by atoms with E-state index in [-0.39, 0.29) is 6.03 Å². The third-order valence-corrected chi connectivity index (χ3v) is 3.71. The van der Waals surface area contributed by atoms with Crippen molar-refractivity contribution in [1.29, 1.82) is 0 Å². The highest BCUT2D eigenvalue weighted by atomic mass is 16.2. The van der Waals surface area contributed by atoms with E-state index >= 15 is 0 Å². The summed E-state index contributed by atoms with van der Waals surface area (Å²) in [6, 6.07) is 6.72. The highest BCUT2D eigenvalue weighted by Gasteiger charge is 2.15. The Morgan fingerprint density at radius 1 is 1.37 bits per heavy atom. The average molecular weight is 261 g/mol. The molecule has 0 unspecified atom stereocenters. The zero-order valence-corrected chi connectivity index (χ0v) is 11.8. The number of aryl methyl sites for hydroxylation is 1. The SMILES string of the molecule is CCc1ccc2c(c1)CCN(CCNC(=O)NC)C2. The Hall–Kier alpha value is -1.55. The molecule has 2 N–H and O–H groups in total. The van der Waals surface area contributed by atoms with Crippen LogP contribution in [0.3, 0.4) is 0 Å². The maximum Gasteiger partial charge on any atom is 0.314 e. The maximum absolute atomic E-state index is 11.1. The van der Waals surface area contributed by atoms with Gasteiger partial charge in [0.15, 0.2) is 0 Å². The van der Waals surface area contributed by atoms with Crippen LogP contribution in [-0.4, -0.2) is 37.6 Å². The molecule has 1 aromatic rings. The fourth-order valence-corrected chi connectivity index (χ4v) is 2.49. The van der Waals surface area contributed by atoms with Crippen molar-refractivity contribution in [3.8, 4) is 0 Å². The average Bonchev–Trinajstić information content (AvgIpc) is 2.46. The fourth-order valence-electron chi connectivity index (χ4n) is 2.49. The van der Waals surface area contributed by atoms with Gasteiger partial charge in [0.2, 0.25) is 0 Å². The third kappa shape index (κ3) is 3.70. The smallest absolute Gasteiger partial charge is 0.314 e. The summed E-state index contributed by atoms with van der Waals surface area (Å²) in [7, 11) is 1.64. The summed E-state index contributed by atoms with van der Waals surface area (Å²) < 4.78 is 0. The molecule has 0 bridgehead atoms. The topological polar surface area (TPSA) is 44.4 Å². The Balaban J connectivity index is 1.86. The van der Waals surface area contributed by atoms with Crippen LogP contribution in [0, 0.1) is 0 Å². The predicted octanol–water partition coefficient (Wildman–Crippen LogP) is 1.54. The summed E-state index contributed by atoms with van der Waals surface area (Å²) in [5, 5.41) is 5.39. The molecule has 0 aromatic heterocycles. The Labute approximate surface area is 115 Å². The number of nitrogens with one attached hydrogen (secondary N) is 2. The highest BCUT2D eigenvalue weighted by Crippen LogP contribution is 2.20. The zero-order chi connectivity index (χ0) is 13.7. The van der Waals surface area contributed by atoms with Crippen LogP contribution < -0.4 is 10.6 Å². The number of fused-ring (bicyclic) bond motifs is 1. The molecule has 1 aliphatic heterocycles. The molecule has 1 aromatic carbocycles. The first-order valence-electron chi connectivity index (χ1n) is 7.01.